The number of rotatable bonds is 7. The topological polar surface area (TPSA) is 152 Å². The number of nitrogens with two attached hydrogens (primary N) is 2. The molecule has 0 spiro atoms. The van der Waals surface area contributed by atoms with Crippen molar-refractivity contribution in [1.29, 1.82) is 0 Å². The smallest absolute Gasteiger partial charge is 0.423 e. The van der Waals surface area contributed by atoms with Crippen LogP contribution in [0.2, 0.25) is 0 Å². The van der Waals surface area contributed by atoms with Crippen LogP contribution in [0.1, 0.15) is 39.3 Å². The highest BCUT2D eigenvalue weighted by molar-refractivity contribution is 6.58. The van der Waals surface area contributed by atoms with Gasteiger partial charge in [0.2, 0.25) is 11.9 Å². The Kier molecular flexibility index (Phi) is 5.78. The highest BCUT2D eigenvalue weighted by Crippen LogP contribution is 2.31. The third-order valence-corrected chi connectivity index (χ3v) is 6.23. The first kappa shape index (κ1) is 22.1. The van der Waals surface area contributed by atoms with Gasteiger partial charge in [-0.3, -0.25) is 9.36 Å². The van der Waals surface area contributed by atoms with Crippen molar-refractivity contribution in [2.24, 2.45) is 11.5 Å². The number of hydrogen-bond acceptors (Lipinski definition) is 7. The molecule has 0 bridgehead atoms. The van der Waals surface area contributed by atoms with Crippen molar-refractivity contribution in [3.63, 3.8) is 0 Å². The number of fused-ring (bicyclic) bond motifs is 2. The highest BCUT2D eigenvalue weighted by Gasteiger charge is 2.23. The minimum Gasteiger partial charge on any atom is -0.423 e. The first-order valence-corrected chi connectivity index (χ1v) is 11.2. The fourth-order valence-electron chi connectivity index (χ4n) is 4.60. The van der Waals surface area contributed by atoms with Crippen LogP contribution in [0.4, 0.5) is 5.82 Å². The molecule has 1 aliphatic rings. The van der Waals surface area contributed by atoms with E-state index in [0.29, 0.717) is 28.9 Å². The summed E-state index contributed by atoms with van der Waals surface area (Å²) in [7, 11) is -1.52. The van der Waals surface area contributed by atoms with Gasteiger partial charge in [-0.05, 0) is 48.5 Å². The molecule has 1 aliphatic carbocycles. The number of nitrogens with one attached hydrogen (secondary N) is 1. The van der Waals surface area contributed by atoms with E-state index in [0.717, 1.165) is 53.1 Å². The van der Waals surface area contributed by atoms with Crippen molar-refractivity contribution in [3.8, 4) is 5.95 Å². The van der Waals surface area contributed by atoms with Crippen LogP contribution in [0, 0.1) is 0 Å². The van der Waals surface area contributed by atoms with Crippen LogP contribution in [0.3, 0.4) is 0 Å². The maximum Gasteiger partial charge on any atom is 0.488 e. The van der Waals surface area contributed by atoms with Crippen molar-refractivity contribution in [3.05, 3.63) is 76.6 Å². The van der Waals surface area contributed by atoms with E-state index in [-0.39, 0.29) is 6.54 Å². The van der Waals surface area contributed by atoms with Crippen molar-refractivity contribution in [2.75, 3.05) is 5.32 Å². The Morgan fingerprint density at radius 1 is 1.12 bits per heavy atom. The largest absolute Gasteiger partial charge is 0.488 e. The van der Waals surface area contributed by atoms with Gasteiger partial charge in [0, 0.05) is 35.3 Å². The van der Waals surface area contributed by atoms with Gasteiger partial charge in [-0.1, -0.05) is 30.3 Å². The van der Waals surface area contributed by atoms with E-state index in [1.165, 1.54) is 0 Å². The van der Waals surface area contributed by atoms with Gasteiger partial charge in [-0.15, -0.1) is 0 Å². The number of primary amides is 1. The van der Waals surface area contributed by atoms with Crippen LogP contribution in [0.25, 0.3) is 16.9 Å². The quantitative estimate of drug-likeness (QED) is 0.258. The van der Waals surface area contributed by atoms with E-state index in [1.54, 1.807) is 30.3 Å². The molecule has 2 aromatic carbocycles. The molecule has 5 rings (SSSR count). The fourth-order valence-corrected chi connectivity index (χ4v) is 4.60. The Labute approximate surface area is 196 Å². The molecule has 0 atom stereocenters. The normalized spacial score (nSPS) is 12.7. The van der Waals surface area contributed by atoms with Gasteiger partial charge < -0.3 is 26.8 Å². The minimum absolute atomic E-state index is 0.242. The van der Waals surface area contributed by atoms with Crippen LogP contribution in [-0.2, 0) is 25.9 Å². The lowest BCUT2D eigenvalue weighted by molar-refractivity contribution is 0.100. The van der Waals surface area contributed by atoms with Crippen LogP contribution in [-0.4, -0.2) is 37.6 Å². The lowest BCUT2D eigenvalue weighted by atomic mass is 9.79. The number of carbonyl (C=O) groups excluding carboxylic acids is 1. The second kappa shape index (κ2) is 8.90. The van der Waals surface area contributed by atoms with Crippen LogP contribution in [0.15, 0.2) is 48.5 Å². The van der Waals surface area contributed by atoms with Crippen LogP contribution < -0.4 is 22.2 Å². The Balaban J connectivity index is 1.58. The lowest BCUT2D eigenvalue weighted by Gasteiger charge is -2.15. The van der Waals surface area contributed by atoms with Gasteiger partial charge in [0.25, 0.3) is 0 Å². The third kappa shape index (κ3) is 3.92. The second-order valence-corrected chi connectivity index (χ2v) is 8.40. The molecule has 34 heavy (non-hydrogen) atoms. The number of hydrogen-bond donors (Lipinski definition) is 5. The molecular weight excluding hydrogens is 431 g/mol. The van der Waals surface area contributed by atoms with E-state index in [2.05, 4.69) is 5.32 Å². The standard InChI is InChI=1S/C24H25BN6O3/c26-12-16-11-19-17(22(27)32)6-3-9-21(19)31(16)24-29-20-8-2-7-18(20)23(30-24)28-13-14-4-1-5-15(10-14)25(33)34/h1,3-6,9-11,33-34H,2,7-8,12-13,26H2,(H2,27,32)(H,28,29,30). The predicted molar refractivity (Wildman–Crippen MR) is 131 cm³/mol. The molecule has 0 fully saturated rings. The molecule has 0 saturated heterocycles. The number of nitrogens with zero attached hydrogens (tertiary/aromatic N) is 3. The van der Waals surface area contributed by atoms with E-state index in [4.69, 9.17) is 21.4 Å². The fraction of sp³-hybridized carbons (Fsp3) is 0.208. The molecule has 2 heterocycles. The zero-order valence-electron chi connectivity index (χ0n) is 18.5. The summed E-state index contributed by atoms with van der Waals surface area (Å²) in [5, 5.41) is 23.1. The monoisotopic (exact) mass is 456 g/mol. The number of aryl methyl sites for hydroxylation is 1. The summed E-state index contributed by atoms with van der Waals surface area (Å²) in [6.07, 6.45) is 2.74. The van der Waals surface area contributed by atoms with Crippen molar-refractivity contribution in [2.45, 2.75) is 32.4 Å². The first-order valence-electron chi connectivity index (χ1n) is 11.2. The van der Waals surface area contributed by atoms with Gasteiger partial charge in [0.1, 0.15) is 5.82 Å². The van der Waals surface area contributed by atoms with Crippen molar-refractivity contribution >= 4 is 35.2 Å². The SMILES string of the molecule is NCc1cc2c(C(N)=O)cccc2n1-c1nc2c(c(NCc3cccc(B(O)O)c3)n1)CCC2. The third-order valence-electron chi connectivity index (χ3n) is 6.23. The van der Waals surface area contributed by atoms with Crippen molar-refractivity contribution < 1.29 is 14.8 Å². The number of carbonyl (C=O) groups is 1. The Morgan fingerprint density at radius 2 is 1.94 bits per heavy atom. The summed E-state index contributed by atoms with van der Waals surface area (Å²) in [5.41, 5.74) is 17.0. The molecule has 0 saturated carbocycles. The van der Waals surface area contributed by atoms with E-state index in [9.17, 15) is 14.8 Å². The Hall–Kier alpha value is -3.73. The van der Waals surface area contributed by atoms with Gasteiger partial charge in [-0.25, -0.2) is 4.98 Å². The molecule has 2 aromatic heterocycles. The molecule has 0 radical (unpaired) electrons. The summed E-state index contributed by atoms with van der Waals surface area (Å²) < 4.78 is 1.88. The van der Waals surface area contributed by atoms with Crippen LogP contribution in [0.5, 0.6) is 0 Å². The molecule has 172 valence electrons. The predicted octanol–water partition coefficient (Wildman–Crippen LogP) is 0.759. The molecule has 1 amide bonds. The summed E-state index contributed by atoms with van der Waals surface area (Å²) >= 11 is 0. The zero-order valence-corrected chi connectivity index (χ0v) is 18.5. The van der Waals surface area contributed by atoms with E-state index < -0.39 is 13.0 Å². The molecular formula is C24H25BN6O3. The molecule has 0 aliphatic heterocycles. The van der Waals surface area contributed by atoms with Gasteiger partial charge in [0.15, 0.2) is 0 Å². The maximum absolute atomic E-state index is 12.0. The number of anilines is 1. The summed E-state index contributed by atoms with van der Waals surface area (Å²) in [4.78, 5) is 21.7. The summed E-state index contributed by atoms with van der Waals surface area (Å²) in [5.74, 6) is 0.724. The van der Waals surface area contributed by atoms with Crippen molar-refractivity contribution in [1.82, 2.24) is 14.5 Å². The highest BCUT2D eigenvalue weighted by atomic mass is 16.4. The molecule has 0 unspecified atom stereocenters. The molecule has 10 heteroatoms. The van der Waals surface area contributed by atoms with Gasteiger partial charge in [-0.2, -0.15) is 4.98 Å². The summed E-state index contributed by atoms with van der Waals surface area (Å²) in [6, 6.07) is 14.4. The van der Waals surface area contributed by atoms with Gasteiger partial charge in [0.05, 0.1) is 11.2 Å². The minimum atomic E-state index is -1.52. The van der Waals surface area contributed by atoms with E-state index in [1.807, 2.05) is 22.8 Å². The zero-order chi connectivity index (χ0) is 23.8. The molecule has 9 nitrogen and oxygen atoms in total. The van der Waals surface area contributed by atoms with E-state index >= 15 is 0 Å². The van der Waals surface area contributed by atoms with Gasteiger partial charge >= 0.3 is 7.12 Å². The second-order valence-electron chi connectivity index (χ2n) is 8.40. The average molecular weight is 456 g/mol. The summed E-state index contributed by atoms with van der Waals surface area (Å²) in [6.45, 7) is 0.706. The number of amides is 1. The number of benzene rings is 2. The van der Waals surface area contributed by atoms with Crippen LogP contribution >= 0.6 is 0 Å². The number of aromatic nitrogens is 3. The first-order chi connectivity index (χ1) is 16.5. The Bertz CT molecular complexity index is 1400. The lowest BCUT2D eigenvalue weighted by Crippen LogP contribution is -2.30. The molecule has 7 N–H and O–H groups in total. The maximum atomic E-state index is 12.0. The average Bonchev–Trinajstić information content (AvgIpc) is 3.46. The Morgan fingerprint density at radius 3 is 2.71 bits per heavy atom. The molecule has 4 aromatic rings.